The van der Waals surface area contributed by atoms with Crippen molar-refractivity contribution in [2.75, 3.05) is 19.5 Å². The fourth-order valence-electron chi connectivity index (χ4n) is 1.98. The number of ether oxygens (including phenoxy) is 1. The molecule has 0 aliphatic carbocycles. The summed E-state index contributed by atoms with van der Waals surface area (Å²) in [6.45, 7) is 6.32. The Labute approximate surface area is 119 Å². The second-order valence-electron chi connectivity index (χ2n) is 5.06. The van der Waals surface area contributed by atoms with Gasteiger partial charge in [-0.2, -0.15) is 0 Å². The van der Waals surface area contributed by atoms with E-state index in [4.69, 9.17) is 9.72 Å². The lowest BCUT2D eigenvalue weighted by Crippen LogP contribution is -2.04. The number of benzene rings is 1. The van der Waals surface area contributed by atoms with Gasteiger partial charge in [-0.1, -0.05) is 37.7 Å². The molecule has 0 radical (unpaired) electrons. The van der Waals surface area contributed by atoms with Crippen LogP contribution in [0.25, 0.3) is 11.0 Å². The van der Waals surface area contributed by atoms with Crippen molar-refractivity contribution in [2.24, 2.45) is 5.92 Å². The van der Waals surface area contributed by atoms with Crippen LogP contribution < -0.4 is 0 Å². The minimum Gasteiger partial charge on any atom is -0.384 e. The highest BCUT2D eigenvalue weighted by atomic mass is 32.2. The number of aromatic nitrogens is 2. The molecule has 0 atom stereocenters. The molecule has 0 saturated carbocycles. The van der Waals surface area contributed by atoms with Crippen molar-refractivity contribution in [2.45, 2.75) is 32.0 Å². The Balaban J connectivity index is 2.23. The zero-order valence-electron chi connectivity index (χ0n) is 11.9. The van der Waals surface area contributed by atoms with Crippen molar-refractivity contribution < 1.29 is 4.74 Å². The highest BCUT2D eigenvalue weighted by Gasteiger charge is 2.10. The van der Waals surface area contributed by atoms with Crippen LogP contribution in [-0.2, 0) is 11.3 Å². The number of nitrogens with zero attached hydrogens (tertiary/aromatic N) is 2. The maximum absolute atomic E-state index is 5.12. The second-order valence-corrected chi connectivity index (χ2v) is 6.12. The van der Waals surface area contributed by atoms with E-state index in [9.17, 15) is 0 Å². The Morgan fingerprint density at radius 3 is 2.84 bits per heavy atom. The van der Waals surface area contributed by atoms with Crippen LogP contribution in [0.1, 0.15) is 20.3 Å². The molecule has 104 valence electrons. The highest BCUT2D eigenvalue weighted by Crippen LogP contribution is 2.24. The van der Waals surface area contributed by atoms with Gasteiger partial charge in [-0.25, -0.2) is 4.98 Å². The molecule has 0 N–H and O–H groups in total. The molecule has 0 saturated heterocycles. The molecule has 1 heterocycles. The number of aryl methyl sites for hydroxylation is 1. The molecular formula is C15H22N2OS. The largest absolute Gasteiger partial charge is 0.384 e. The number of rotatable bonds is 7. The Morgan fingerprint density at radius 2 is 2.11 bits per heavy atom. The van der Waals surface area contributed by atoms with Gasteiger partial charge in [0.25, 0.3) is 0 Å². The van der Waals surface area contributed by atoms with Gasteiger partial charge in [0.2, 0.25) is 0 Å². The van der Waals surface area contributed by atoms with E-state index in [1.807, 2.05) is 6.07 Å². The van der Waals surface area contributed by atoms with E-state index in [0.717, 1.165) is 29.6 Å². The van der Waals surface area contributed by atoms with E-state index in [1.165, 1.54) is 11.9 Å². The number of methoxy groups -OCH3 is 1. The molecule has 4 heteroatoms. The van der Waals surface area contributed by atoms with E-state index in [1.54, 1.807) is 18.9 Å². The van der Waals surface area contributed by atoms with Gasteiger partial charge in [0.15, 0.2) is 5.16 Å². The second kappa shape index (κ2) is 6.96. The Morgan fingerprint density at radius 1 is 1.32 bits per heavy atom. The van der Waals surface area contributed by atoms with Gasteiger partial charge in [-0.05, 0) is 24.5 Å². The van der Waals surface area contributed by atoms with Crippen molar-refractivity contribution >= 4 is 22.8 Å². The number of hydrogen-bond donors (Lipinski definition) is 0. The molecule has 0 aliphatic rings. The number of thioether (sulfide) groups is 1. The lowest BCUT2D eigenvalue weighted by molar-refractivity contribution is 0.218. The first-order valence-corrected chi connectivity index (χ1v) is 7.78. The van der Waals surface area contributed by atoms with Crippen LogP contribution in [0, 0.1) is 5.92 Å². The van der Waals surface area contributed by atoms with Crippen LogP contribution in [0.5, 0.6) is 0 Å². The Hall–Kier alpha value is -1.00. The molecule has 0 unspecified atom stereocenters. The average Bonchev–Trinajstić information content (AvgIpc) is 2.74. The van der Waals surface area contributed by atoms with Gasteiger partial charge >= 0.3 is 0 Å². The van der Waals surface area contributed by atoms with Crippen LogP contribution in [-0.4, -0.2) is 29.0 Å². The van der Waals surface area contributed by atoms with Gasteiger partial charge in [-0.15, -0.1) is 0 Å². The van der Waals surface area contributed by atoms with Crippen molar-refractivity contribution in [3.8, 4) is 0 Å². The monoisotopic (exact) mass is 278 g/mol. The SMILES string of the molecule is COCCSc1nc2ccccc2n1CCC(C)C. The maximum Gasteiger partial charge on any atom is 0.169 e. The minimum atomic E-state index is 0.706. The number of hydrogen-bond acceptors (Lipinski definition) is 3. The summed E-state index contributed by atoms with van der Waals surface area (Å²) in [6, 6.07) is 8.37. The van der Waals surface area contributed by atoms with Crippen molar-refractivity contribution in [3.63, 3.8) is 0 Å². The number of imidazole rings is 1. The number of para-hydroxylation sites is 2. The molecule has 0 bridgehead atoms. The summed E-state index contributed by atoms with van der Waals surface area (Å²) < 4.78 is 7.46. The van der Waals surface area contributed by atoms with Gasteiger partial charge in [0.05, 0.1) is 17.6 Å². The minimum absolute atomic E-state index is 0.706. The van der Waals surface area contributed by atoms with Crippen molar-refractivity contribution in [3.05, 3.63) is 24.3 Å². The van der Waals surface area contributed by atoms with Crippen LogP contribution in [0.2, 0.25) is 0 Å². The third-order valence-electron chi connectivity index (χ3n) is 3.07. The first-order chi connectivity index (χ1) is 9.22. The molecule has 0 spiro atoms. The van der Waals surface area contributed by atoms with Gasteiger partial charge < -0.3 is 9.30 Å². The van der Waals surface area contributed by atoms with E-state index >= 15 is 0 Å². The predicted octanol–water partition coefficient (Wildman–Crippen LogP) is 3.82. The fourth-order valence-corrected chi connectivity index (χ4v) is 2.92. The van der Waals surface area contributed by atoms with Crippen LogP contribution in [0.4, 0.5) is 0 Å². The highest BCUT2D eigenvalue weighted by molar-refractivity contribution is 7.99. The van der Waals surface area contributed by atoms with E-state index < -0.39 is 0 Å². The van der Waals surface area contributed by atoms with E-state index in [0.29, 0.717) is 5.92 Å². The Kier molecular flexibility index (Phi) is 5.28. The molecule has 0 fully saturated rings. The van der Waals surface area contributed by atoms with Crippen molar-refractivity contribution in [1.29, 1.82) is 0 Å². The predicted molar refractivity (Wildman–Crippen MR) is 81.8 cm³/mol. The van der Waals surface area contributed by atoms with Crippen LogP contribution >= 0.6 is 11.8 Å². The van der Waals surface area contributed by atoms with E-state index in [2.05, 4.69) is 36.6 Å². The smallest absolute Gasteiger partial charge is 0.169 e. The first-order valence-electron chi connectivity index (χ1n) is 6.79. The summed E-state index contributed by atoms with van der Waals surface area (Å²) in [5.74, 6) is 1.65. The third kappa shape index (κ3) is 3.74. The summed E-state index contributed by atoms with van der Waals surface area (Å²) in [7, 11) is 1.74. The fraction of sp³-hybridized carbons (Fsp3) is 0.533. The molecule has 1 aromatic carbocycles. The molecule has 1 aromatic heterocycles. The van der Waals surface area contributed by atoms with Gasteiger partial charge in [0.1, 0.15) is 0 Å². The van der Waals surface area contributed by atoms with E-state index in [-0.39, 0.29) is 0 Å². The van der Waals surface area contributed by atoms with Crippen LogP contribution in [0.15, 0.2) is 29.4 Å². The van der Waals surface area contributed by atoms with Gasteiger partial charge in [-0.3, -0.25) is 0 Å². The molecule has 3 nitrogen and oxygen atoms in total. The summed E-state index contributed by atoms with van der Waals surface area (Å²) in [4.78, 5) is 4.73. The lowest BCUT2D eigenvalue weighted by atomic mass is 10.1. The number of fused-ring (bicyclic) bond motifs is 1. The first kappa shape index (κ1) is 14.4. The topological polar surface area (TPSA) is 27.1 Å². The molecular weight excluding hydrogens is 256 g/mol. The summed E-state index contributed by atoms with van der Waals surface area (Å²) in [5.41, 5.74) is 2.33. The quantitative estimate of drug-likeness (QED) is 0.569. The normalized spacial score (nSPS) is 11.6. The third-order valence-corrected chi connectivity index (χ3v) is 4.01. The van der Waals surface area contributed by atoms with Crippen molar-refractivity contribution in [1.82, 2.24) is 9.55 Å². The summed E-state index contributed by atoms with van der Waals surface area (Å²) in [5, 5.41) is 1.11. The lowest BCUT2D eigenvalue weighted by Gasteiger charge is -2.10. The summed E-state index contributed by atoms with van der Waals surface area (Å²) in [6.07, 6.45) is 1.18. The zero-order chi connectivity index (χ0) is 13.7. The standard InChI is InChI=1S/C15H22N2OS/c1-12(2)8-9-17-14-7-5-4-6-13(14)16-15(17)19-11-10-18-3/h4-7,12H,8-11H2,1-3H3. The Bertz CT molecular complexity index is 522. The molecule has 0 aliphatic heterocycles. The molecule has 0 amide bonds. The molecule has 2 rings (SSSR count). The molecule has 19 heavy (non-hydrogen) atoms. The zero-order valence-corrected chi connectivity index (χ0v) is 12.7. The van der Waals surface area contributed by atoms with Crippen LogP contribution in [0.3, 0.4) is 0 Å². The maximum atomic E-state index is 5.12. The average molecular weight is 278 g/mol. The summed E-state index contributed by atoms with van der Waals surface area (Å²) >= 11 is 1.78. The molecule has 2 aromatic rings. The van der Waals surface area contributed by atoms with Gasteiger partial charge in [0, 0.05) is 19.4 Å².